The van der Waals surface area contributed by atoms with E-state index in [1.165, 1.54) is 23.7 Å². The van der Waals surface area contributed by atoms with Crippen molar-refractivity contribution in [3.8, 4) is 5.69 Å². The van der Waals surface area contributed by atoms with Gasteiger partial charge in [0.25, 0.3) is 0 Å². The van der Waals surface area contributed by atoms with E-state index in [1.807, 2.05) is 24.0 Å². The van der Waals surface area contributed by atoms with Crippen molar-refractivity contribution in [1.29, 1.82) is 0 Å². The molecule has 2 heterocycles. The Morgan fingerprint density at radius 3 is 2.40 bits per heavy atom. The van der Waals surface area contributed by atoms with E-state index in [9.17, 15) is 4.79 Å². The first-order valence-corrected chi connectivity index (χ1v) is 9.78. The van der Waals surface area contributed by atoms with E-state index >= 15 is 0 Å². The quantitative estimate of drug-likeness (QED) is 0.767. The highest BCUT2D eigenvalue weighted by atomic mass is 32.2. The van der Waals surface area contributed by atoms with Crippen LogP contribution in [0.15, 0.2) is 29.4 Å². The number of likely N-dealkylation sites (tertiary alicyclic amines) is 1. The molecule has 134 valence electrons. The normalized spacial score (nSPS) is 16.2. The highest BCUT2D eigenvalue weighted by Gasteiger charge is 2.25. The van der Waals surface area contributed by atoms with Gasteiger partial charge in [-0.25, -0.2) is 0 Å². The molecule has 1 atom stereocenters. The number of nitrogens with zero attached hydrogens (tertiary/aromatic N) is 5. The second-order valence-electron chi connectivity index (χ2n) is 6.77. The van der Waals surface area contributed by atoms with Gasteiger partial charge in [0.1, 0.15) is 0 Å². The summed E-state index contributed by atoms with van der Waals surface area (Å²) in [6, 6.07) is 8.23. The molecule has 1 aromatic heterocycles. The Labute approximate surface area is 153 Å². The van der Waals surface area contributed by atoms with Crippen LogP contribution in [-0.2, 0) is 4.79 Å². The zero-order chi connectivity index (χ0) is 17.8. The number of carbonyl (C=O) groups is 1. The van der Waals surface area contributed by atoms with Crippen molar-refractivity contribution >= 4 is 17.7 Å². The maximum absolute atomic E-state index is 12.6. The zero-order valence-electron chi connectivity index (χ0n) is 15.1. The number of benzene rings is 1. The van der Waals surface area contributed by atoms with Gasteiger partial charge < -0.3 is 4.90 Å². The highest BCUT2D eigenvalue weighted by Crippen LogP contribution is 2.26. The minimum Gasteiger partial charge on any atom is -0.342 e. The van der Waals surface area contributed by atoms with Gasteiger partial charge in [-0.05, 0) is 60.2 Å². The van der Waals surface area contributed by atoms with Crippen molar-refractivity contribution in [3.63, 3.8) is 0 Å². The smallest absolute Gasteiger partial charge is 0.235 e. The summed E-state index contributed by atoms with van der Waals surface area (Å²) in [6.45, 7) is 8.00. The first kappa shape index (κ1) is 17.9. The molecule has 1 fully saturated rings. The molecule has 1 aliphatic rings. The summed E-state index contributed by atoms with van der Waals surface area (Å²) >= 11 is 1.42. The van der Waals surface area contributed by atoms with E-state index in [1.54, 1.807) is 4.68 Å². The highest BCUT2D eigenvalue weighted by molar-refractivity contribution is 8.00. The fourth-order valence-electron chi connectivity index (χ4n) is 2.99. The van der Waals surface area contributed by atoms with Gasteiger partial charge in [-0.2, -0.15) is 4.68 Å². The summed E-state index contributed by atoms with van der Waals surface area (Å²) in [5.74, 6) is 0.661. The summed E-state index contributed by atoms with van der Waals surface area (Å²) in [6.07, 6.45) is 3.42. The molecule has 7 heteroatoms. The van der Waals surface area contributed by atoms with Crippen LogP contribution >= 0.6 is 11.8 Å². The lowest BCUT2D eigenvalue weighted by molar-refractivity contribution is -0.131. The first-order chi connectivity index (χ1) is 12.1. The maximum atomic E-state index is 12.6. The summed E-state index contributed by atoms with van der Waals surface area (Å²) in [5.41, 5.74) is 2.19. The van der Waals surface area contributed by atoms with Gasteiger partial charge >= 0.3 is 0 Å². The number of hydrogen-bond acceptors (Lipinski definition) is 5. The molecule has 0 bridgehead atoms. The Bertz CT molecular complexity index is 707. The molecule has 1 aliphatic heterocycles. The van der Waals surface area contributed by atoms with Crippen LogP contribution in [0.5, 0.6) is 0 Å². The minimum atomic E-state index is -0.196. The van der Waals surface area contributed by atoms with Crippen molar-refractivity contribution in [2.24, 2.45) is 0 Å². The fourth-order valence-corrected chi connectivity index (χ4v) is 3.89. The molecule has 1 amide bonds. The number of aromatic nitrogens is 4. The zero-order valence-corrected chi connectivity index (χ0v) is 15.9. The average molecular weight is 359 g/mol. The third-order valence-electron chi connectivity index (χ3n) is 4.54. The van der Waals surface area contributed by atoms with Crippen molar-refractivity contribution in [2.45, 2.75) is 56.4 Å². The SMILES string of the molecule is CC(Sc1nnnn1-c1ccc(C(C)C)cc1)C(=O)N1CCCCC1. The van der Waals surface area contributed by atoms with Gasteiger partial charge in [0, 0.05) is 13.1 Å². The molecule has 0 radical (unpaired) electrons. The van der Waals surface area contributed by atoms with Gasteiger partial charge in [-0.3, -0.25) is 4.79 Å². The number of thioether (sulfide) groups is 1. The van der Waals surface area contributed by atoms with Crippen LogP contribution in [0, 0.1) is 0 Å². The number of rotatable bonds is 5. The minimum absolute atomic E-state index is 0.175. The Hall–Kier alpha value is -1.89. The molecule has 1 aromatic carbocycles. The van der Waals surface area contributed by atoms with E-state index in [-0.39, 0.29) is 11.2 Å². The van der Waals surface area contributed by atoms with Crippen LogP contribution in [0.2, 0.25) is 0 Å². The number of amides is 1. The molecule has 25 heavy (non-hydrogen) atoms. The van der Waals surface area contributed by atoms with Crippen LogP contribution < -0.4 is 0 Å². The Kier molecular flexibility index (Phi) is 5.73. The lowest BCUT2D eigenvalue weighted by Crippen LogP contribution is -2.40. The third-order valence-corrected chi connectivity index (χ3v) is 5.56. The molecular formula is C18H25N5OS. The molecule has 1 saturated heterocycles. The molecule has 0 N–H and O–H groups in total. The Morgan fingerprint density at radius 2 is 1.76 bits per heavy atom. The topological polar surface area (TPSA) is 63.9 Å². The summed E-state index contributed by atoms with van der Waals surface area (Å²) in [4.78, 5) is 14.6. The monoisotopic (exact) mass is 359 g/mol. The second-order valence-corrected chi connectivity index (χ2v) is 8.07. The van der Waals surface area contributed by atoms with E-state index in [0.717, 1.165) is 31.6 Å². The number of piperidine rings is 1. The first-order valence-electron chi connectivity index (χ1n) is 8.90. The molecule has 1 unspecified atom stereocenters. The average Bonchev–Trinajstić information content (AvgIpc) is 3.10. The van der Waals surface area contributed by atoms with Gasteiger partial charge in [-0.15, -0.1) is 5.10 Å². The van der Waals surface area contributed by atoms with E-state index in [2.05, 4.69) is 41.5 Å². The van der Waals surface area contributed by atoms with E-state index in [4.69, 9.17) is 0 Å². The standard InChI is InChI=1S/C18H25N5OS/c1-13(2)15-7-9-16(10-8-15)23-18(19-20-21-23)25-14(3)17(24)22-11-5-4-6-12-22/h7-10,13-14H,4-6,11-12H2,1-3H3. The second kappa shape index (κ2) is 7.99. The van der Waals surface area contributed by atoms with Crippen molar-refractivity contribution in [1.82, 2.24) is 25.1 Å². The lowest BCUT2D eigenvalue weighted by atomic mass is 10.0. The predicted molar refractivity (Wildman–Crippen MR) is 99.0 cm³/mol. The summed E-state index contributed by atoms with van der Waals surface area (Å²) in [5, 5.41) is 12.5. The molecule has 0 spiro atoms. The van der Waals surface area contributed by atoms with Crippen LogP contribution in [0.3, 0.4) is 0 Å². The molecule has 2 aromatic rings. The van der Waals surface area contributed by atoms with Gasteiger partial charge in [-0.1, -0.05) is 37.7 Å². The summed E-state index contributed by atoms with van der Waals surface area (Å²) < 4.78 is 1.70. The maximum Gasteiger partial charge on any atom is 0.235 e. The van der Waals surface area contributed by atoms with Gasteiger partial charge in [0.05, 0.1) is 10.9 Å². The summed E-state index contributed by atoms with van der Waals surface area (Å²) in [7, 11) is 0. The van der Waals surface area contributed by atoms with E-state index < -0.39 is 0 Å². The molecular weight excluding hydrogens is 334 g/mol. The molecule has 6 nitrogen and oxygen atoms in total. The molecule has 3 rings (SSSR count). The number of tetrazole rings is 1. The Balaban J connectivity index is 1.71. The van der Waals surface area contributed by atoms with Crippen LogP contribution in [0.25, 0.3) is 5.69 Å². The van der Waals surface area contributed by atoms with Crippen LogP contribution in [-0.4, -0.2) is 49.4 Å². The van der Waals surface area contributed by atoms with Crippen LogP contribution in [0.1, 0.15) is 51.5 Å². The molecule has 0 aliphatic carbocycles. The lowest BCUT2D eigenvalue weighted by Gasteiger charge is -2.28. The molecule has 0 saturated carbocycles. The van der Waals surface area contributed by atoms with Crippen molar-refractivity contribution in [3.05, 3.63) is 29.8 Å². The number of carbonyl (C=O) groups excluding carboxylic acids is 1. The van der Waals surface area contributed by atoms with Gasteiger partial charge in [0.15, 0.2) is 0 Å². The third kappa shape index (κ3) is 4.21. The largest absolute Gasteiger partial charge is 0.342 e. The Morgan fingerprint density at radius 1 is 1.08 bits per heavy atom. The van der Waals surface area contributed by atoms with Crippen molar-refractivity contribution in [2.75, 3.05) is 13.1 Å². The number of hydrogen-bond donors (Lipinski definition) is 0. The predicted octanol–water partition coefficient (Wildman–Crippen LogP) is 3.28. The van der Waals surface area contributed by atoms with E-state index in [0.29, 0.717) is 11.1 Å². The van der Waals surface area contributed by atoms with Gasteiger partial charge in [0.2, 0.25) is 11.1 Å². The van der Waals surface area contributed by atoms with Crippen LogP contribution in [0.4, 0.5) is 0 Å². The fraction of sp³-hybridized carbons (Fsp3) is 0.556. The van der Waals surface area contributed by atoms with Crippen molar-refractivity contribution < 1.29 is 4.79 Å².